The van der Waals surface area contributed by atoms with Crippen molar-refractivity contribution in [1.29, 1.82) is 0 Å². The number of hydrogen-bond acceptors (Lipinski definition) is 2. The van der Waals surface area contributed by atoms with Gasteiger partial charge in [0.1, 0.15) is 0 Å². The molecule has 2 nitrogen and oxygen atoms in total. The summed E-state index contributed by atoms with van der Waals surface area (Å²) in [5.41, 5.74) is 1.43. The van der Waals surface area contributed by atoms with Gasteiger partial charge in [0.25, 0.3) is 0 Å². The average molecular weight is 260 g/mol. The summed E-state index contributed by atoms with van der Waals surface area (Å²) in [5, 5.41) is 3.74. The quantitative estimate of drug-likeness (QED) is 0.894. The molecule has 1 aliphatic heterocycles. The van der Waals surface area contributed by atoms with Crippen molar-refractivity contribution < 1.29 is 0 Å². The first-order chi connectivity index (χ1) is 9.06. The van der Waals surface area contributed by atoms with E-state index in [0.717, 1.165) is 18.4 Å². The van der Waals surface area contributed by atoms with Gasteiger partial charge in [-0.15, -0.1) is 0 Å². The number of nitrogens with zero attached hydrogens (tertiary/aromatic N) is 1. The van der Waals surface area contributed by atoms with Crippen LogP contribution < -0.4 is 5.32 Å². The third-order valence-corrected chi connectivity index (χ3v) is 4.09. The van der Waals surface area contributed by atoms with Crippen molar-refractivity contribution in [2.24, 2.45) is 11.8 Å². The Bertz CT molecular complexity index is 362. The van der Waals surface area contributed by atoms with E-state index < -0.39 is 0 Å². The molecule has 0 aliphatic carbocycles. The monoisotopic (exact) mass is 260 g/mol. The Labute approximate surface area is 118 Å². The fourth-order valence-corrected chi connectivity index (χ4v) is 3.36. The molecule has 0 spiro atoms. The molecule has 0 aromatic heterocycles. The Morgan fingerprint density at radius 3 is 2.21 bits per heavy atom. The molecule has 1 N–H and O–H groups in total. The van der Waals surface area contributed by atoms with Crippen LogP contribution in [0.1, 0.15) is 33.3 Å². The molecule has 1 aromatic carbocycles. The third kappa shape index (κ3) is 4.05. The van der Waals surface area contributed by atoms with Crippen LogP contribution in [0.3, 0.4) is 0 Å². The standard InChI is InChI=1S/C17H28N2/c1-13(2)18-17-14(3)10-19(11-15(17)4)12-16-8-6-5-7-9-16/h5-9,13-15,17-18H,10-12H2,1-4H3/t14-,15-/m0/s1. The average Bonchev–Trinajstić information content (AvgIpc) is 2.35. The van der Waals surface area contributed by atoms with Crippen LogP contribution in [-0.4, -0.2) is 30.1 Å². The van der Waals surface area contributed by atoms with E-state index in [0.29, 0.717) is 12.1 Å². The molecule has 0 amide bonds. The van der Waals surface area contributed by atoms with Crippen molar-refractivity contribution in [3.05, 3.63) is 35.9 Å². The van der Waals surface area contributed by atoms with E-state index >= 15 is 0 Å². The normalized spacial score (nSPS) is 25.9. The highest BCUT2D eigenvalue weighted by Gasteiger charge is 2.31. The summed E-state index contributed by atoms with van der Waals surface area (Å²) in [4.78, 5) is 2.60. The van der Waals surface area contributed by atoms with Gasteiger partial charge in [0, 0.05) is 31.7 Å². The number of hydrogen-bond donors (Lipinski definition) is 1. The Morgan fingerprint density at radius 1 is 1.11 bits per heavy atom. The largest absolute Gasteiger partial charge is 0.311 e. The zero-order chi connectivity index (χ0) is 13.8. The zero-order valence-corrected chi connectivity index (χ0v) is 12.8. The topological polar surface area (TPSA) is 15.3 Å². The first-order valence-corrected chi connectivity index (χ1v) is 7.58. The summed E-state index contributed by atoms with van der Waals surface area (Å²) in [6.07, 6.45) is 0. The second kappa shape index (κ2) is 6.53. The molecule has 1 aromatic rings. The van der Waals surface area contributed by atoms with Crippen molar-refractivity contribution in [1.82, 2.24) is 10.2 Å². The number of likely N-dealkylation sites (tertiary alicyclic amines) is 1. The van der Waals surface area contributed by atoms with Crippen LogP contribution in [0.2, 0.25) is 0 Å². The van der Waals surface area contributed by atoms with Crippen molar-refractivity contribution in [2.75, 3.05) is 13.1 Å². The molecule has 0 unspecified atom stereocenters. The number of nitrogens with one attached hydrogen (secondary N) is 1. The van der Waals surface area contributed by atoms with Crippen molar-refractivity contribution in [3.63, 3.8) is 0 Å². The summed E-state index contributed by atoms with van der Waals surface area (Å²) in [5.74, 6) is 1.43. The van der Waals surface area contributed by atoms with Gasteiger partial charge in [-0.25, -0.2) is 0 Å². The summed E-state index contributed by atoms with van der Waals surface area (Å²) in [6, 6.07) is 12.1. The lowest BCUT2D eigenvalue weighted by Gasteiger charge is -2.42. The Hall–Kier alpha value is -0.860. The van der Waals surface area contributed by atoms with Gasteiger partial charge in [-0.3, -0.25) is 4.90 Å². The maximum absolute atomic E-state index is 3.74. The lowest BCUT2D eigenvalue weighted by atomic mass is 9.85. The van der Waals surface area contributed by atoms with Gasteiger partial charge in [-0.2, -0.15) is 0 Å². The number of rotatable bonds is 4. The minimum Gasteiger partial charge on any atom is -0.311 e. The first kappa shape index (κ1) is 14.5. The Morgan fingerprint density at radius 2 is 1.68 bits per heavy atom. The van der Waals surface area contributed by atoms with Gasteiger partial charge in [0.15, 0.2) is 0 Å². The van der Waals surface area contributed by atoms with E-state index in [9.17, 15) is 0 Å². The summed E-state index contributed by atoms with van der Waals surface area (Å²) in [7, 11) is 0. The maximum Gasteiger partial charge on any atom is 0.0233 e. The van der Waals surface area contributed by atoms with Crippen LogP contribution in [0.5, 0.6) is 0 Å². The molecule has 2 atom stereocenters. The zero-order valence-electron chi connectivity index (χ0n) is 12.8. The smallest absolute Gasteiger partial charge is 0.0233 e. The van der Waals surface area contributed by atoms with Crippen molar-refractivity contribution in [2.45, 2.75) is 46.3 Å². The second-order valence-corrected chi connectivity index (χ2v) is 6.48. The minimum absolute atomic E-state index is 0.579. The van der Waals surface area contributed by atoms with Crippen LogP contribution in [0.15, 0.2) is 30.3 Å². The highest BCUT2D eigenvalue weighted by Crippen LogP contribution is 2.23. The van der Waals surface area contributed by atoms with Gasteiger partial charge in [0.05, 0.1) is 0 Å². The van der Waals surface area contributed by atoms with Gasteiger partial charge in [0.2, 0.25) is 0 Å². The van der Waals surface area contributed by atoms with Crippen LogP contribution in [-0.2, 0) is 6.54 Å². The SMILES string of the molecule is CC(C)NC1[C@@H](C)CN(Cc2ccccc2)C[C@@H]1C. The predicted molar refractivity (Wildman–Crippen MR) is 82.1 cm³/mol. The Balaban J connectivity index is 1.93. The van der Waals surface area contributed by atoms with Gasteiger partial charge in [-0.1, -0.05) is 58.0 Å². The Kier molecular flexibility index (Phi) is 5.00. The highest BCUT2D eigenvalue weighted by atomic mass is 15.2. The molecular weight excluding hydrogens is 232 g/mol. The van der Waals surface area contributed by atoms with Gasteiger partial charge in [-0.05, 0) is 17.4 Å². The lowest BCUT2D eigenvalue weighted by molar-refractivity contribution is 0.0907. The van der Waals surface area contributed by atoms with Crippen LogP contribution in [0, 0.1) is 11.8 Å². The van der Waals surface area contributed by atoms with E-state index in [1.54, 1.807) is 0 Å². The molecule has 106 valence electrons. The van der Waals surface area contributed by atoms with Crippen molar-refractivity contribution >= 4 is 0 Å². The molecule has 1 aliphatic rings. The molecule has 0 saturated carbocycles. The van der Waals surface area contributed by atoms with E-state index in [-0.39, 0.29) is 0 Å². The summed E-state index contributed by atoms with van der Waals surface area (Å²) >= 11 is 0. The van der Waals surface area contributed by atoms with Crippen LogP contribution in [0.4, 0.5) is 0 Å². The van der Waals surface area contributed by atoms with E-state index in [1.165, 1.54) is 18.7 Å². The third-order valence-electron chi connectivity index (χ3n) is 4.09. The molecule has 2 rings (SSSR count). The van der Waals surface area contributed by atoms with E-state index in [1.807, 2.05) is 0 Å². The van der Waals surface area contributed by atoms with E-state index in [2.05, 4.69) is 68.2 Å². The maximum atomic E-state index is 3.74. The predicted octanol–water partition coefficient (Wildman–Crippen LogP) is 3.14. The fourth-order valence-electron chi connectivity index (χ4n) is 3.36. The summed E-state index contributed by atoms with van der Waals surface area (Å²) in [6.45, 7) is 12.7. The lowest BCUT2D eigenvalue weighted by Crippen LogP contribution is -2.54. The summed E-state index contributed by atoms with van der Waals surface area (Å²) < 4.78 is 0. The minimum atomic E-state index is 0.579. The molecule has 2 heteroatoms. The van der Waals surface area contributed by atoms with Crippen LogP contribution >= 0.6 is 0 Å². The first-order valence-electron chi connectivity index (χ1n) is 7.58. The molecule has 19 heavy (non-hydrogen) atoms. The van der Waals surface area contributed by atoms with Crippen molar-refractivity contribution in [3.8, 4) is 0 Å². The number of piperidine rings is 1. The molecule has 1 saturated heterocycles. The highest BCUT2D eigenvalue weighted by molar-refractivity contribution is 5.14. The molecule has 1 fully saturated rings. The molecule has 1 heterocycles. The molecule has 0 radical (unpaired) electrons. The van der Waals surface area contributed by atoms with Crippen LogP contribution in [0.25, 0.3) is 0 Å². The van der Waals surface area contributed by atoms with Gasteiger partial charge >= 0.3 is 0 Å². The van der Waals surface area contributed by atoms with E-state index in [4.69, 9.17) is 0 Å². The molecule has 0 bridgehead atoms. The van der Waals surface area contributed by atoms with Gasteiger partial charge < -0.3 is 5.32 Å². The molecular formula is C17H28N2. The fraction of sp³-hybridized carbons (Fsp3) is 0.647. The second-order valence-electron chi connectivity index (χ2n) is 6.48. The number of benzene rings is 1.